The fourth-order valence-corrected chi connectivity index (χ4v) is 8.81. The van der Waals surface area contributed by atoms with Crippen molar-refractivity contribution in [1.29, 1.82) is 0 Å². The number of alkyl halides is 1. The first kappa shape index (κ1) is 33.4. The van der Waals surface area contributed by atoms with Gasteiger partial charge in [0.15, 0.2) is 0 Å². The molecule has 3 fully saturated rings. The van der Waals surface area contributed by atoms with Crippen molar-refractivity contribution in [3.8, 4) is 0 Å². The number of nitrogens with zero attached hydrogens (tertiary/aromatic N) is 3. The van der Waals surface area contributed by atoms with E-state index in [4.69, 9.17) is 16.3 Å². The monoisotopic (exact) mass is 697 g/mol. The number of fused-ring (bicyclic) bond motifs is 1. The van der Waals surface area contributed by atoms with Crippen LogP contribution in [-0.4, -0.2) is 80.9 Å². The molecule has 0 saturated carbocycles. The molecule has 5 rings (SSSR count). The lowest BCUT2D eigenvalue weighted by Crippen LogP contribution is -2.60. The second kappa shape index (κ2) is 13.4. The molecule has 2 aromatic carbocycles. The van der Waals surface area contributed by atoms with Gasteiger partial charge in [0.1, 0.15) is 11.6 Å². The minimum absolute atomic E-state index is 0.141. The maximum absolute atomic E-state index is 15.0. The predicted molar refractivity (Wildman–Crippen MR) is 179 cm³/mol. The molecule has 3 aliphatic heterocycles. The number of halogens is 2. The molecule has 2 aromatic rings. The number of amides is 3. The van der Waals surface area contributed by atoms with E-state index in [1.165, 1.54) is 4.90 Å². The minimum atomic E-state index is -1.29. The van der Waals surface area contributed by atoms with Crippen LogP contribution in [0.5, 0.6) is 0 Å². The predicted octanol–water partition coefficient (Wildman–Crippen LogP) is 5.15. The van der Waals surface area contributed by atoms with Crippen LogP contribution in [0, 0.1) is 24.7 Å². The number of aliphatic hydroxyl groups is 1. The van der Waals surface area contributed by atoms with E-state index < -0.39 is 35.6 Å². The van der Waals surface area contributed by atoms with Crippen LogP contribution in [0.15, 0.2) is 73.8 Å². The zero-order valence-corrected chi connectivity index (χ0v) is 28.3. The number of carbonyl (C=O) groups is 3. The Kier molecular flexibility index (Phi) is 9.94. The lowest BCUT2D eigenvalue weighted by molar-refractivity contribution is -0.148. The fraction of sp³-hybridized carbons (Fsp3) is 0.457. The molecule has 10 heteroatoms. The molecule has 8 nitrogen and oxygen atoms in total. The van der Waals surface area contributed by atoms with E-state index in [-0.39, 0.29) is 48.2 Å². The molecule has 3 saturated heterocycles. The summed E-state index contributed by atoms with van der Waals surface area (Å²) in [7, 11) is 0. The summed E-state index contributed by atoms with van der Waals surface area (Å²) in [6.45, 7) is 13.8. The van der Waals surface area contributed by atoms with Gasteiger partial charge in [-0.25, -0.2) is 0 Å². The lowest BCUT2D eigenvalue weighted by atomic mass is 9.70. The molecule has 240 valence electrons. The topological polar surface area (TPSA) is 90.4 Å². The van der Waals surface area contributed by atoms with Gasteiger partial charge in [0.2, 0.25) is 11.8 Å². The minimum Gasteiger partial charge on any atom is -0.394 e. The van der Waals surface area contributed by atoms with Crippen LogP contribution < -0.4 is 4.90 Å². The maximum atomic E-state index is 15.0. The molecule has 45 heavy (non-hydrogen) atoms. The largest absolute Gasteiger partial charge is 0.394 e. The Bertz CT molecular complexity index is 1450. The third kappa shape index (κ3) is 5.66. The van der Waals surface area contributed by atoms with Crippen molar-refractivity contribution < 1.29 is 24.2 Å². The Hall–Kier alpha value is -2.98. The first-order valence-electron chi connectivity index (χ1n) is 15.4. The number of hydrogen-bond donors (Lipinski definition) is 1. The molecule has 3 aliphatic rings. The summed E-state index contributed by atoms with van der Waals surface area (Å²) in [4.78, 5) is 48.7. The number of hydrogen-bond acceptors (Lipinski definition) is 5. The van der Waals surface area contributed by atoms with Crippen molar-refractivity contribution in [2.24, 2.45) is 17.8 Å². The second-order valence-corrected chi connectivity index (χ2v) is 14.1. The highest BCUT2D eigenvalue weighted by Gasteiger charge is 2.77. The zero-order valence-electron chi connectivity index (χ0n) is 25.9. The molecule has 3 unspecified atom stereocenters. The molecular weight excluding hydrogens is 658 g/mol. The number of anilines is 1. The van der Waals surface area contributed by atoms with Crippen LogP contribution in [0.4, 0.5) is 5.69 Å². The van der Waals surface area contributed by atoms with E-state index >= 15 is 0 Å². The Labute approximate surface area is 278 Å². The Morgan fingerprint density at radius 2 is 1.82 bits per heavy atom. The molecule has 0 aliphatic carbocycles. The fourth-order valence-electron chi connectivity index (χ4n) is 7.54. The summed E-state index contributed by atoms with van der Waals surface area (Å²) >= 11 is 10.4. The summed E-state index contributed by atoms with van der Waals surface area (Å²) < 4.78 is 6.77. The number of aryl methyl sites for hydroxylation is 1. The summed E-state index contributed by atoms with van der Waals surface area (Å²) in [5.74, 6) is -2.89. The number of carbonyl (C=O) groups excluding carboxylic acids is 3. The van der Waals surface area contributed by atoms with Crippen molar-refractivity contribution in [1.82, 2.24) is 9.80 Å². The van der Waals surface area contributed by atoms with E-state index in [1.807, 2.05) is 63.2 Å². The molecule has 3 heterocycles. The third-order valence-electron chi connectivity index (χ3n) is 9.47. The van der Waals surface area contributed by atoms with Gasteiger partial charge in [0, 0.05) is 24.5 Å². The van der Waals surface area contributed by atoms with Crippen molar-refractivity contribution in [2.75, 3.05) is 24.6 Å². The van der Waals surface area contributed by atoms with Crippen LogP contribution in [0.1, 0.15) is 31.4 Å². The van der Waals surface area contributed by atoms with Crippen LogP contribution in [0.2, 0.25) is 5.02 Å². The SMILES string of the molecule is C=CCN(Cc1ccccc1)C(=O)[C@H]1[C@@H]2OC3(CC2Br)C(C(=O)N(CC=C)c2c(C)cccc2Cl)N([C@@H](CO)C(C)C)C(=O)[C@H]13. The van der Waals surface area contributed by atoms with Gasteiger partial charge in [-0.3, -0.25) is 14.4 Å². The smallest absolute Gasteiger partial charge is 0.253 e. The summed E-state index contributed by atoms with van der Waals surface area (Å²) in [6, 6.07) is 13.3. The molecular formula is C35H41BrClN3O5. The molecule has 2 bridgehead atoms. The van der Waals surface area contributed by atoms with Crippen molar-refractivity contribution >= 4 is 50.9 Å². The van der Waals surface area contributed by atoms with Crippen LogP contribution >= 0.6 is 27.5 Å². The van der Waals surface area contributed by atoms with Gasteiger partial charge in [0.25, 0.3) is 5.91 Å². The molecule has 7 atom stereocenters. The van der Waals surface area contributed by atoms with E-state index in [0.29, 0.717) is 23.7 Å². The van der Waals surface area contributed by atoms with Crippen molar-refractivity contribution in [3.05, 3.63) is 90.0 Å². The molecule has 1 spiro atoms. The van der Waals surface area contributed by atoms with Crippen LogP contribution in [-0.2, 0) is 25.7 Å². The lowest BCUT2D eigenvalue weighted by Gasteiger charge is -2.40. The number of benzene rings is 2. The van der Waals surface area contributed by atoms with Crippen LogP contribution in [0.3, 0.4) is 0 Å². The summed E-state index contributed by atoms with van der Waals surface area (Å²) in [5, 5.41) is 11.0. The van der Waals surface area contributed by atoms with Gasteiger partial charge in [-0.2, -0.15) is 0 Å². The molecule has 0 radical (unpaired) electrons. The highest BCUT2D eigenvalue weighted by Crippen LogP contribution is 2.61. The number of ether oxygens (including phenoxy) is 1. The summed E-state index contributed by atoms with van der Waals surface area (Å²) in [6.07, 6.45) is 3.02. The Morgan fingerprint density at radius 1 is 1.13 bits per heavy atom. The first-order valence-corrected chi connectivity index (χ1v) is 16.7. The average molecular weight is 699 g/mol. The average Bonchev–Trinajstić information content (AvgIpc) is 3.60. The normalized spacial score (nSPS) is 27.4. The molecule has 1 N–H and O–H groups in total. The highest BCUT2D eigenvalue weighted by atomic mass is 79.9. The first-order chi connectivity index (χ1) is 21.5. The van der Waals surface area contributed by atoms with Gasteiger partial charge in [0.05, 0.1) is 41.3 Å². The highest BCUT2D eigenvalue weighted by molar-refractivity contribution is 9.09. The van der Waals surface area contributed by atoms with E-state index in [9.17, 15) is 19.5 Å². The molecule has 0 aromatic heterocycles. The number of rotatable bonds is 12. The van der Waals surface area contributed by atoms with Crippen LogP contribution in [0.25, 0.3) is 0 Å². The van der Waals surface area contributed by atoms with E-state index in [0.717, 1.165) is 11.1 Å². The van der Waals surface area contributed by atoms with Gasteiger partial charge in [-0.1, -0.05) is 96.0 Å². The zero-order chi connectivity index (χ0) is 32.6. The standard InChI is InChI=1S/C35H41BrClN3O5/c1-6-16-38(19-23-13-9-8-10-14-23)32(42)27-28-33(43)40(26(20-41)21(3)4)31(35(28)18-24(36)30(27)45-35)34(44)39(17-7-2)29-22(5)12-11-15-25(29)37/h6-15,21,24,26-28,30-31,41H,1-2,16-20H2,3-5H3/t24?,26-,27+,28-,30+,31?,35?/m0/s1. The Balaban J connectivity index is 1.62. The van der Waals surface area contributed by atoms with Crippen molar-refractivity contribution in [2.45, 2.75) is 62.4 Å². The number of para-hydroxylation sites is 1. The summed E-state index contributed by atoms with van der Waals surface area (Å²) in [5.41, 5.74) is 0.965. The maximum Gasteiger partial charge on any atom is 0.253 e. The number of aliphatic hydroxyl groups excluding tert-OH is 1. The van der Waals surface area contributed by atoms with Gasteiger partial charge < -0.3 is 24.5 Å². The number of likely N-dealkylation sites (tertiary alicyclic amines) is 1. The second-order valence-electron chi connectivity index (χ2n) is 12.5. The third-order valence-corrected chi connectivity index (χ3v) is 10.6. The van der Waals surface area contributed by atoms with Gasteiger partial charge in [-0.05, 0) is 36.5 Å². The van der Waals surface area contributed by atoms with Gasteiger partial charge >= 0.3 is 0 Å². The van der Waals surface area contributed by atoms with E-state index in [2.05, 4.69) is 29.1 Å². The van der Waals surface area contributed by atoms with Gasteiger partial charge in [-0.15, -0.1) is 13.2 Å². The molecule has 3 amide bonds. The van der Waals surface area contributed by atoms with E-state index in [1.54, 1.807) is 28.0 Å². The quantitative estimate of drug-likeness (QED) is 0.245. The van der Waals surface area contributed by atoms with Crippen molar-refractivity contribution in [3.63, 3.8) is 0 Å². The Morgan fingerprint density at radius 3 is 2.42 bits per heavy atom.